The first kappa shape index (κ1) is 10.5. The summed E-state index contributed by atoms with van der Waals surface area (Å²) < 4.78 is 12.7. The predicted molar refractivity (Wildman–Crippen MR) is 50.3 cm³/mol. The van der Waals surface area contributed by atoms with Crippen molar-refractivity contribution < 1.29 is 14.4 Å². The number of rotatable bonds is 2. The molecule has 0 atom stereocenters. The molecule has 0 aliphatic heterocycles. The van der Waals surface area contributed by atoms with Gasteiger partial charge in [-0.05, 0) is 18.2 Å². The zero-order chi connectivity index (χ0) is 10.6. The largest absolute Gasteiger partial charge is 0.411 e. The van der Waals surface area contributed by atoms with Gasteiger partial charge in [0.2, 0.25) is 0 Å². The van der Waals surface area contributed by atoms with Crippen molar-refractivity contribution in [2.45, 2.75) is 0 Å². The molecule has 0 aliphatic carbocycles. The zero-order valence-electron chi connectivity index (χ0n) is 6.87. The van der Waals surface area contributed by atoms with E-state index in [1.165, 1.54) is 6.07 Å². The third-order valence-corrected chi connectivity index (χ3v) is 1.52. The highest BCUT2D eigenvalue weighted by atomic mass is 35.5. The molecule has 0 saturated carbocycles. The van der Waals surface area contributed by atoms with E-state index >= 15 is 0 Å². The van der Waals surface area contributed by atoms with E-state index in [0.29, 0.717) is 6.21 Å². The molecule has 0 heterocycles. The Kier molecular flexibility index (Phi) is 3.41. The Balaban J connectivity index is 2.81. The first-order valence-electron chi connectivity index (χ1n) is 3.56. The highest BCUT2D eigenvalue weighted by Crippen LogP contribution is 2.17. The topological polar surface area (TPSA) is 61.7 Å². The number of nitrogens with zero attached hydrogens (tertiary/aromatic N) is 1. The molecule has 0 bridgehead atoms. The summed E-state index contributed by atoms with van der Waals surface area (Å²) in [5, 5.41) is 13.0. The number of carbonyl (C=O) groups excluding carboxylic acids is 1. The number of hydrogen-bond donors (Lipinski definition) is 2. The van der Waals surface area contributed by atoms with Gasteiger partial charge < -0.3 is 10.5 Å². The molecule has 1 aromatic rings. The highest BCUT2D eigenvalue weighted by Gasteiger charge is 2.02. The zero-order valence-corrected chi connectivity index (χ0v) is 7.62. The minimum Gasteiger partial charge on any atom is -0.411 e. The van der Waals surface area contributed by atoms with Crippen LogP contribution in [0, 0.1) is 5.82 Å². The van der Waals surface area contributed by atoms with Crippen molar-refractivity contribution in [3.63, 3.8) is 0 Å². The van der Waals surface area contributed by atoms with Crippen molar-refractivity contribution in [2.24, 2.45) is 5.16 Å². The van der Waals surface area contributed by atoms with E-state index in [4.69, 9.17) is 16.8 Å². The van der Waals surface area contributed by atoms with Crippen LogP contribution in [-0.4, -0.2) is 17.3 Å². The van der Waals surface area contributed by atoms with Crippen molar-refractivity contribution >= 4 is 29.4 Å². The van der Waals surface area contributed by atoms with Crippen LogP contribution in [0.3, 0.4) is 0 Å². The molecular weight excluding hydrogens is 211 g/mol. The molecule has 6 heteroatoms. The fourth-order valence-electron chi connectivity index (χ4n) is 0.853. The molecule has 4 nitrogen and oxygen atoms in total. The standard InChI is InChI=1S/C8H6ClFN2O2/c9-5-1-6(10)3-7(2-5)12-8(13)4-11-14/h1-4,14H,(H,12,13). The maximum atomic E-state index is 12.7. The normalized spacial score (nSPS) is 10.4. The lowest BCUT2D eigenvalue weighted by atomic mass is 10.3. The summed E-state index contributed by atoms with van der Waals surface area (Å²) in [5.41, 5.74) is 0.194. The fourth-order valence-corrected chi connectivity index (χ4v) is 1.07. The summed E-state index contributed by atoms with van der Waals surface area (Å²) in [6.45, 7) is 0. The van der Waals surface area contributed by atoms with Gasteiger partial charge in [0.25, 0.3) is 5.91 Å². The minimum absolute atomic E-state index is 0.168. The van der Waals surface area contributed by atoms with Gasteiger partial charge in [0.05, 0.1) is 0 Å². The molecule has 1 rings (SSSR count). The summed E-state index contributed by atoms with van der Waals surface area (Å²) in [6, 6.07) is 3.57. The summed E-state index contributed by atoms with van der Waals surface area (Å²) in [5.74, 6) is -1.23. The van der Waals surface area contributed by atoms with Gasteiger partial charge in [-0.2, -0.15) is 0 Å². The molecule has 74 valence electrons. The first-order chi connectivity index (χ1) is 6.61. The molecule has 2 N–H and O–H groups in total. The average Bonchev–Trinajstić information content (AvgIpc) is 2.01. The van der Waals surface area contributed by atoms with Crippen molar-refractivity contribution in [3.05, 3.63) is 29.0 Å². The number of carbonyl (C=O) groups is 1. The van der Waals surface area contributed by atoms with Crippen LogP contribution in [0.1, 0.15) is 0 Å². The molecule has 1 aromatic carbocycles. The van der Waals surface area contributed by atoms with Crippen LogP contribution < -0.4 is 5.32 Å². The van der Waals surface area contributed by atoms with E-state index in [9.17, 15) is 9.18 Å². The number of amides is 1. The van der Waals surface area contributed by atoms with Gasteiger partial charge in [0, 0.05) is 10.7 Å². The number of halogens is 2. The number of oxime groups is 1. The lowest BCUT2D eigenvalue weighted by molar-refractivity contribution is -0.110. The van der Waals surface area contributed by atoms with Crippen LogP contribution in [0.2, 0.25) is 5.02 Å². The van der Waals surface area contributed by atoms with Crippen molar-refractivity contribution in [2.75, 3.05) is 5.32 Å². The molecule has 0 saturated heterocycles. The monoisotopic (exact) mass is 216 g/mol. The second kappa shape index (κ2) is 4.57. The van der Waals surface area contributed by atoms with Crippen LogP contribution in [0.4, 0.5) is 10.1 Å². The molecule has 0 unspecified atom stereocenters. The average molecular weight is 217 g/mol. The lowest BCUT2D eigenvalue weighted by Gasteiger charge is -2.01. The van der Waals surface area contributed by atoms with Crippen LogP contribution in [0.25, 0.3) is 0 Å². The number of benzene rings is 1. The summed E-state index contributed by atoms with van der Waals surface area (Å²) >= 11 is 5.54. The maximum absolute atomic E-state index is 12.7. The van der Waals surface area contributed by atoms with Crippen LogP contribution in [0.15, 0.2) is 23.4 Å². The number of anilines is 1. The van der Waals surface area contributed by atoms with Crippen molar-refractivity contribution in [3.8, 4) is 0 Å². The van der Waals surface area contributed by atoms with E-state index in [1.807, 2.05) is 0 Å². The van der Waals surface area contributed by atoms with Gasteiger partial charge in [-0.1, -0.05) is 16.8 Å². The Morgan fingerprint density at radius 1 is 1.57 bits per heavy atom. The molecule has 0 aromatic heterocycles. The highest BCUT2D eigenvalue weighted by molar-refractivity contribution is 6.32. The SMILES string of the molecule is O=C(C=NO)Nc1cc(F)cc(Cl)c1. The molecule has 14 heavy (non-hydrogen) atoms. The van der Waals surface area contributed by atoms with Gasteiger partial charge in [-0.25, -0.2) is 4.39 Å². The second-order valence-corrected chi connectivity index (χ2v) is 2.83. The molecule has 0 radical (unpaired) electrons. The van der Waals surface area contributed by atoms with E-state index in [-0.39, 0.29) is 10.7 Å². The molecule has 0 aliphatic rings. The summed E-state index contributed by atoms with van der Waals surface area (Å²) in [4.78, 5) is 10.8. The van der Waals surface area contributed by atoms with Crippen molar-refractivity contribution in [1.29, 1.82) is 0 Å². The van der Waals surface area contributed by atoms with Crippen molar-refractivity contribution in [1.82, 2.24) is 0 Å². The van der Waals surface area contributed by atoms with Gasteiger partial charge >= 0.3 is 0 Å². The Labute approximate surface area is 84.0 Å². The quantitative estimate of drug-likeness (QED) is 0.450. The number of hydrogen-bond acceptors (Lipinski definition) is 3. The summed E-state index contributed by atoms with van der Waals surface area (Å²) in [7, 11) is 0. The Hall–Kier alpha value is -1.62. The van der Waals surface area contributed by atoms with E-state index in [0.717, 1.165) is 12.1 Å². The Morgan fingerprint density at radius 2 is 2.29 bits per heavy atom. The number of nitrogens with one attached hydrogen (secondary N) is 1. The minimum atomic E-state index is -0.672. The first-order valence-corrected chi connectivity index (χ1v) is 3.94. The Bertz CT molecular complexity index is 361. The van der Waals surface area contributed by atoms with E-state index in [2.05, 4.69) is 10.5 Å². The fraction of sp³-hybridized carbons (Fsp3) is 0. The maximum Gasteiger partial charge on any atom is 0.270 e. The van der Waals surface area contributed by atoms with Gasteiger partial charge in [0.15, 0.2) is 0 Å². The molecule has 0 fully saturated rings. The Morgan fingerprint density at radius 3 is 2.86 bits per heavy atom. The molecular formula is C8H6ClFN2O2. The van der Waals surface area contributed by atoms with E-state index in [1.54, 1.807) is 0 Å². The van der Waals surface area contributed by atoms with E-state index < -0.39 is 11.7 Å². The smallest absolute Gasteiger partial charge is 0.270 e. The molecule has 0 spiro atoms. The van der Waals surface area contributed by atoms with Crippen LogP contribution >= 0.6 is 11.6 Å². The summed E-state index contributed by atoms with van der Waals surface area (Å²) in [6.07, 6.45) is 0.652. The second-order valence-electron chi connectivity index (χ2n) is 2.39. The van der Waals surface area contributed by atoms with Gasteiger partial charge in [-0.3, -0.25) is 4.79 Å². The predicted octanol–water partition coefficient (Wildman–Crippen LogP) is 1.88. The van der Waals surface area contributed by atoms with Gasteiger partial charge in [-0.15, -0.1) is 0 Å². The lowest BCUT2D eigenvalue weighted by Crippen LogP contribution is -2.12. The third kappa shape index (κ3) is 3.02. The third-order valence-electron chi connectivity index (χ3n) is 1.31. The van der Waals surface area contributed by atoms with Crippen LogP contribution in [-0.2, 0) is 4.79 Å². The van der Waals surface area contributed by atoms with Gasteiger partial charge in [0.1, 0.15) is 12.0 Å². The van der Waals surface area contributed by atoms with Crippen LogP contribution in [0.5, 0.6) is 0 Å². The molecule has 1 amide bonds.